The SMILES string of the molecule is COc1ccccc1C(=O)C=Cc1ccc(OCc2ccccc2)cc1. The van der Waals surface area contributed by atoms with E-state index in [4.69, 9.17) is 9.47 Å². The fraction of sp³-hybridized carbons (Fsp3) is 0.0870. The predicted octanol–water partition coefficient (Wildman–Crippen LogP) is 5.17. The lowest BCUT2D eigenvalue weighted by Crippen LogP contribution is -1.98. The summed E-state index contributed by atoms with van der Waals surface area (Å²) in [6.45, 7) is 0.530. The molecule has 26 heavy (non-hydrogen) atoms. The van der Waals surface area contributed by atoms with Gasteiger partial charge in [0.2, 0.25) is 0 Å². The highest BCUT2D eigenvalue weighted by atomic mass is 16.5. The molecule has 0 N–H and O–H groups in total. The highest BCUT2D eigenvalue weighted by Crippen LogP contribution is 2.19. The molecule has 0 spiro atoms. The van der Waals surface area contributed by atoms with E-state index < -0.39 is 0 Å². The molecule has 130 valence electrons. The van der Waals surface area contributed by atoms with Crippen LogP contribution in [0.1, 0.15) is 21.5 Å². The largest absolute Gasteiger partial charge is 0.496 e. The number of para-hydroxylation sites is 1. The van der Waals surface area contributed by atoms with E-state index in [0.717, 1.165) is 16.9 Å². The standard InChI is InChI=1S/C23H20O3/c1-25-23-10-6-5-9-21(23)22(24)16-13-18-11-14-20(15-12-18)26-17-19-7-3-2-4-8-19/h2-16H,17H2,1H3. The van der Waals surface area contributed by atoms with Crippen LogP contribution in [0.2, 0.25) is 0 Å². The second-order valence-electron chi connectivity index (χ2n) is 5.74. The molecule has 3 rings (SSSR count). The Bertz CT molecular complexity index is 881. The summed E-state index contributed by atoms with van der Waals surface area (Å²) in [5.74, 6) is 1.28. The topological polar surface area (TPSA) is 35.5 Å². The fourth-order valence-corrected chi connectivity index (χ4v) is 2.53. The summed E-state index contributed by atoms with van der Waals surface area (Å²) in [5, 5.41) is 0. The summed E-state index contributed by atoms with van der Waals surface area (Å²) in [6.07, 6.45) is 3.34. The summed E-state index contributed by atoms with van der Waals surface area (Å²) in [4.78, 5) is 12.3. The molecule has 0 atom stereocenters. The molecule has 0 aliphatic heterocycles. The molecule has 0 aromatic heterocycles. The van der Waals surface area contributed by atoms with Crippen LogP contribution in [0.4, 0.5) is 0 Å². The zero-order valence-corrected chi connectivity index (χ0v) is 14.6. The molecule has 3 aromatic rings. The molecule has 3 aromatic carbocycles. The van der Waals surface area contributed by atoms with Gasteiger partial charge in [0.1, 0.15) is 18.1 Å². The van der Waals surface area contributed by atoms with Gasteiger partial charge in [0.15, 0.2) is 5.78 Å². The predicted molar refractivity (Wildman–Crippen MR) is 104 cm³/mol. The first kappa shape index (κ1) is 17.5. The lowest BCUT2D eigenvalue weighted by molar-refractivity contribution is 0.104. The normalized spacial score (nSPS) is 10.7. The van der Waals surface area contributed by atoms with E-state index >= 15 is 0 Å². The van der Waals surface area contributed by atoms with Crippen LogP contribution in [0, 0.1) is 0 Å². The molecule has 0 radical (unpaired) electrons. The van der Waals surface area contributed by atoms with Crippen LogP contribution in [-0.2, 0) is 6.61 Å². The first-order valence-electron chi connectivity index (χ1n) is 8.38. The second-order valence-corrected chi connectivity index (χ2v) is 5.74. The molecule has 0 aliphatic carbocycles. The van der Waals surface area contributed by atoms with Crippen molar-refractivity contribution >= 4 is 11.9 Å². The van der Waals surface area contributed by atoms with Crippen LogP contribution in [0.3, 0.4) is 0 Å². The average molecular weight is 344 g/mol. The van der Waals surface area contributed by atoms with Crippen molar-refractivity contribution in [2.24, 2.45) is 0 Å². The van der Waals surface area contributed by atoms with Crippen molar-refractivity contribution in [2.75, 3.05) is 7.11 Å². The Morgan fingerprint density at radius 3 is 2.31 bits per heavy atom. The molecule has 0 aliphatic rings. The first-order chi connectivity index (χ1) is 12.8. The number of rotatable bonds is 7. The quantitative estimate of drug-likeness (QED) is 0.438. The number of ketones is 1. The molecule has 0 heterocycles. The molecular weight excluding hydrogens is 324 g/mol. The maximum Gasteiger partial charge on any atom is 0.189 e. The third kappa shape index (κ3) is 4.61. The minimum absolute atomic E-state index is 0.0909. The van der Waals surface area contributed by atoms with E-state index in [1.54, 1.807) is 31.4 Å². The third-order valence-electron chi connectivity index (χ3n) is 3.93. The zero-order valence-electron chi connectivity index (χ0n) is 14.6. The van der Waals surface area contributed by atoms with Crippen LogP contribution in [-0.4, -0.2) is 12.9 Å². The average Bonchev–Trinajstić information content (AvgIpc) is 2.72. The van der Waals surface area contributed by atoms with Crippen LogP contribution in [0.25, 0.3) is 6.08 Å². The third-order valence-corrected chi connectivity index (χ3v) is 3.93. The lowest BCUT2D eigenvalue weighted by Gasteiger charge is -2.06. The molecule has 0 unspecified atom stereocenters. The number of hydrogen-bond acceptors (Lipinski definition) is 3. The zero-order chi connectivity index (χ0) is 18.2. The Hall–Kier alpha value is -3.33. The number of carbonyl (C=O) groups is 1. The molecule has 0 amide bonds. The minimum atomic E-state index is -0.0909. The fourth-order valence-electron chi connectivity index (χ4n) is 2.53. The number of carbonyl (C=O) groups excluding carboxylic acids is 1. The summed E-state index contributed by atoms with van der Waals surface area (Å²) in [6, 6.07) is 24.9. The smallest absolute Gasteiger partial charge is 0.189 e. The van der Waals surface area contributed by atoms with E-state index in [1.165, 1.54) is 0 Å². The van der Waals surface area contributed by atoms with Crippen LogP contribution >= 0.6 is 0 Å². The van der Waals surface area contributed by atoms with Crippen molar-refractivity contribution in [3.63, 3.8) is 0 Å². The van der Waals surface area contributed by atoms with E-state index in [2.05, 4.69) is 0 Å². The number of benzene rings is 3. The number of hydrogen-bond donors (Lipinski definition) is 0. The highest BCUT2D eigenvalue weighted by molar-refractivity contribution is 6.08. The van der Waals surface area contributed by atoms with E-state index in [-0.39, 0.29) is 5.78 Å². The van der Waals surface area contributed by atoms with Crippen molar-refractivity contribution in [3.8, 4) is 11.5 Å². The molecular formula is C23H20O3. The van der Waals surface area contributed by atoms with Gasteiger partial charge in [0.25, 0.3) is 0 Å². The lowest BCUT2D eigenvalue weighted by atomic mass is 10.1. The van der Waals surface area contributed by atoms with Crippen LogP contribution in [0.15, 0.2) is 84.9 Å². The van der Waals surface area contributed by atoms with Crippen molar-refractivity contribution < 1.29 is 14.3 Å². The van der Waals surface area contributed by atoms with Gasteiger partial charge in [-0.1, -0.05) is 60.7 Å². The Morgan fingerprint density at radius 2 is 1.58 bits per heavy atom. The Balaban J connectivity index is 1.61. The monoisotopic (exact) mass is 344 g/mol. The molecule has 3 heteroatoms. The van der Waals surface area contributed by atoms with Gasteiger partial charge in [-0.2, -0.15) is 0 Å². The van der Waals surface area contributed by atoms with Crippen LogP contribution < -0.4 is 9.47 Å². The molecule has 3 nitrogen and oxygen atoms in total. The van der Waals surface area contributed by atoms with Gasteiger partial charge in [0, 0.05) is 0 Å². The molecule has 0 bridgehead atoms. The highest BCUT2D eigenvalue weighted by Gasteiger charge is 2.07. The summed E-state index contributed by atoms with van der Waals surface area (Å²) < 4.78 is 11.0. The summed E-state index contributed by atoms with van der Waals surface area (Å²) in [5.41, 5.74) is 2.60. The maximum atomic E-state index is 12.3. The van der Waals surface area contributed by atoms with Gasteiger partial charge in [-0.3, -0.25) is 4.79 Å². The van der Waals surface area contributed by atoms with Gasteiger partial charge >= 0.3 is 0 Å². The van der Waals surface area contributed by atoms with Gasteiger partial charge in [-0.25, -0.2) is 0 Å². The minimum Gasteiger partial charge on any atom is -0.496 e. The molecule has 0 saturated heterocycles. The second kappa shape index (κ2) is 8.67. The van der Waals surface area contributed by atoms with Gasteiger partial charge in [-0.05, 0) is 41.5 Å². The van der Waals surface area contributed by atoms with E-state index in [9.17, 15) is 4.79 Å². The summed E-state index contributed by atoms with van der Waals surface area (Å²) in [7, 11) is 1.56. The number of allylic oxidation sites excluding steroid dienone is 1. The van der Waals surface area contributed by atoms with Gasteiger partial charge in [-0.15, -0.1) is 0 Å². The van der Waals surface area contributed by atoms with Crippen molar-refractivity contribution in [2.45, 2.75) is 6.61 Å². The Morgan fingerprint density at radius 1 is 0.885 bits per heavy atom. The molecule has 0 saturated carbocycles. The van der Waals surface area contributed by atoms with E-state index in [0.29, 0.717) is 17.9 Å². The number of methoxy groups -OCH3 is 1. The van der Waals surface area contributed by atoms with Crippen molar-refractivity contribution in [3.05, 3.63) is 102 Å². The first-order valence-corrected chi connectivity index (χ1v) is 8.38. The van der Waals surface area contributed by atoms with Crippen molar-refractivity contribution in [1.29, 1.82) is 0 Å². The van der Waals surface area contributed by atoms with Crippen molar-refractivity contribution in [1.82, 2.24) is 0 Å². The summed E-state index contributed by atoms with van der Waals surface area (Å²) >= 11 is 0. The van der Waals surface area contributed by atoms with Crippen LogP contribution in [0.5, 0.6) is 11.5 Å². The Kier molecular flexibility index (Phi) is 5.84. The number of ether oxygens (including phenoxy) is 2. The Labute approximate surface area is 153 Å². The molecule has 0 fully saturated rings. The maximum absolute atomic E-state index is 12.3. The van der Waals surface area contributed by atoms with Gasteiger partial charge < -0.3 is 9.47 Å². The van der Waals surface area contributed by atoms with Gasteiger partial charge in [0.05, 0.1) is 12.7 Å². The van der Waals surface area contributed by atoms with E-state index in [1.807, 2.05) is 66.7 Å².